The zero-order valence-electron chi connectivity index (χ0n) is 20.6. The second kappa shape index (κ2) is 11.8. The summed E-state index contributed by atoms with van der Waals surface area (Å²) < 4.78 is 39.5. The number of anilines is 1. The van der Waals surface area contributed by atoms with Gasteiger partial charge in [0.1, 0.15) is 6.54 Å². The van der Waals surface area contributed by atoms with Crippen LogP contribution in [0.3, 0.4) is 0 Å². The highest BCUT2D eigenvalue weighted by atomic mass is 32.2. The number of para-hydroxylation sites is 1. The first kappa shape index (κ1) is 26.1. The summed E-state index contributed by atoms with van der Waals surface area (Å²) in [4.78, 5) is 13.1. The molecule has 0 spiro atoms. The number of aryl methyl sites for hydroxylation is 2. The van der Waals surface area contributed by atoms with E-state index in [-0.39, 0.29) is 18.0 Å². The van der Waals surface area contributed by atoms with Crippen molar-refractivity contribution >= 4 is 21.6 Å². The highest BCUT2D eigenvalue weighted by Gasteiger charge is 2.28. The molecule has 0 aliphatic rings. The summed E-state index contributed by atoms with van der Waals surface area (Å²) in [7, 11) is -3.96. The van der Waals surface area contributed by atoms with Gasteiger partial charge in [0.15, 0.2) is 11.5 Å². The number of carbonyl (C=O) groups excluding carboxylic acids is 1. The van der Waals surface area contributed by atoms with Gasteiger partial charge in [-0.15, -0.1) is 0 Å². The maximum absolute atomic E-state index is 13.5. The lowest BCUT2D eigenvalue weighted by Crippen LogP contribution is -2.41. The van der Waals surface area contributed by atoms with Gasteiger partial charge in [-0.05, 0) is 69.2 Å². The number of ether oxygens (including phenoxy) is 2. The molecule has 0 unspecified atom stereocenters. The maximum Gasteiger partial charge on any atom is 0.264 e. The lowest BCUT2D eigenvalue weighted by atomic mass is 10.2. The number of hydrogen-bond acceptors (Lipinski definition) is 5. The van der Waals surface area contributed by atoms with E-state index in [1.807, 2.05) is 52.0 Å². The van der Waals surface area contributed by atoms with Gasteiger partial charge in [0.25, 0.3) is 10.0 Å². The van der Waals surface area contributed by atoms with Crippen LogP contribution in [-0.2, 0) is 21.4 Å². The molecule has 0 radical (unpaired) electrons. The van der Waals surface area contributed by atoms with Crippen LogP contribution >= 0.6 is 0 Å². The van der Waals surface area contributed by atoms with Crippen molar-refractivity contribution in [3.8, 4) is 11.5 Å². The number of nitrogens with zero attached hydrogens (tertiary/aromatic N) is 1. The van der Waals surface area contributed by atoms with Crippen molar-refractivity contribution in [2.75, 3.05) is 24.1 Å². The van der Waals surface area contributed by atoms with Crippen LogP contribution in [0.4, 0.5) is 5.69 Å². The largest absolute Gasteiger partial charge is 0.490 e. The van der Waals surface area contributed by atoms with E-state index in [9.17, 15) is 13.2 Å². The first-order valence-corrected chi connectivity index (χ1v) is 13.0. The Hall–Kier alpha value is -3.52. The third-order valence-corrected chi connectivity index (χ3v) is 7.15. The van der Waals surface area contributed by atoms with E-state index < -0.39 is 15.9 Å². The minimum absolute atomic E-state index is 0.132. The number of nitrogens with one attached hydrogen (secondary N) is 1. The lowest BCUT2D eigenvalue weighted by Gasteiger charge is -2.25. The molecule has 3 aromatic carbocycles. The predicted octanol–water partition coefficient (Wildman–Crippen LogP) is 4.61. The van der Waals surface area contributed by atoms with Crippen molar-refractivity contribution in [2.45, 2.75) is 39.1 Å². The Balaban J connectivity index is 1.82. The molecular weight excluding hydrogens is 464 g/mol. The van der Waals surface area contributed by atoms with Crippen molar-refractivity contribution in [3.63, 3.8) is 0 Å². The Kier molecular flexibility index (Phi) is 8.76. The molecule has 0 aromatic heterocycles. The molecular formula is C27H32N2O5S. The van der Waals surface area contributed by atoms with Crippen LogP contribution in [0.2, 0.25) is 0 Å². The molecule has 3 aromatic rings. The minimum atomic E-state index is -3.96. The average molecular weight is 497 g/mol. The number of sulfonamides is 1. The summed E-state index contributed by atoms with van der Waals surface area (Å²) in [5.41, 5.74) is 2.98. The Morgan fingerprint density at radius 3 is 2.20 bits per heavy atom. The fourth-order valence-corrected chi connectivity index (χ4v) is 5.06. The van der Waals surface area contributed by atoms with Crippen LogP contribution in [-0.4, -0.2) is 34.1 Å². The van der Waals surface area contributed by atoms with Gasteiger partial charge in [0.2, 0.25) is 5.91 Å². The average Bonchev–Trinajstić information content (AvgIpc) is 2.83. The standard InChI is InChI=1S/C27H32N2O5S/c1-5-33-25-16-13-22(17-26(25)34-6-2)18-28-27(30)19-29(24-10-8-7-9-21(24)4)35(31,32)23-14-11-20(3)12-15-23/h7-17H,5-6,18-19H2,1-4H3,(H,28,30). The van der Waals surface area contributed by atoms with Gasteiger partial charge in [-0.2, -0.15) is 0 Å². The van der Waals surface area contributed by atoms with E-state index in [2.05, 4.69) is 5.32 Å². The second-order valence-corrected chi connectivity index (χ2v) is 9.90. The molecule has 0 heterocycles. The molecule has 35 heavy (non-hydrogen) atoms. The van der Waals surface area contributed by atoms with Crippen molar-refractivity contribution < 1.29 is 22.7 Å². The maximum atomic E-state index is 13.5. The molecule has 186 valence electrons. The molecule has 0 aliphatic heterocycles. The summed E-state index contributed by atoms with van der Waals surface area (Å²) in [6.45, 7) is 8.36. The highest BCUT2D eigenvalue weighted by Crippen LogP contribution is 2.29. The van der Waals surface area contributed by atoms with Gasteiger partial charge in [-0.3, -0.25) is 9.10 Å². The lowest BCUT2D eigenvalue weighted by molar-refractivity contribution is -0.119. The zero-order valence-corrected chi connectivity index (χ0v) is 21.4. The molecule has 0 saturated heterocycles. The topological polar surface area (TPSA) is 84.9 Å². The Morgan fingerprint density at radius 2 is 1.54 bits per heavy atom. The number of benzene rings is 3. The van der Waals surface area contributed by atoms with Crippen LogP contribution < -0.4 is 19.1 Å². The van der Waals surface area contributed by atoms with E-state index in [4.69, 9.17) is 9.47 Å². The summed E-state index contributed by atoms with van der Waals surface area (Å²) in [5.74, 6) is 0.819. The summed E-state index contributed by atoms with van der Waals surface area (Å²) >= 11 is 0. The molecule has 0 aliphatic carbocycles. The van der Waals surface area contributed by atoms with Crippen LogP contribution in [0.25, 0.3) is 0 Å². The van der Waals surface area contributed by atoms with Gasteiger partial charge < -0.3 is 14.8 Å². The second-order valence-electron chi connectivity index (χ2n) is 8.04. The molecule has 7 nitrogen and oxygen atoms in total. The molecule has 0 saturated carbocycles. The Morgan fingerprint density at radius 1 is 0.886 bits per heavy atom. The van der Waals surface area contributed by atoms with Gasteiger partial charge >= 0.3 is 0 Å². The van der Waals surface area contributed by atoms with Crippen LogP contribution in [0.15, 0.2) is 71.6 Å². The Bertz CT molecular complexity index is 1260. The monoisotopic (exact) mass is 496 g/mol. The predicted molar refractivity (Wildman–Crippen MR) is 138 cm³/mol. The van der Waals surface area contributed by atoms with Crippen molar-refractivity contribution in [3.05, 3.63) is 83.4 Å². The fraction of sp³-hybridized carbons (Fsp3) is 0.296. The van der Waals surface area contributed by atoms with Crippen LogP contribution in [0.5, 0.6) is 11.5 Å². The molecule has 1 N–H and O–H groups in total. The van der Waals surface area contributed by atoms with Crippen LogP contribution in [0, 0.1) is 13.8 Å². The number of rotatable bonds is 11. The molecule has 8 heteroatoms. The van der Waals surface area contributed by atoms with E-state index in [1.165, 1.54) is 0 Å². The normalized spacial score (nSPS) is 11.1. The zero-order chi connectivity index (χ0) is 25.4. The summed E-state index contributed by atoms with van der Waals surface area (Å²) in [6, 6.07) is 19.2. The van der Waals surface area contributed by atoms with Crippen LogP contribution in [0.1, 0.15) is 30.5 Å². The van der Waals surface area contributed by atoms with E-state index >= 15 is 0 Å². The summed E-state index contributed by atoms with van der Waals surface area (Å²) in [5, 5.41) is 2.83. The van der Waals surface area contributed by atoms with Gasteiger partial charge in [0.05, 0.1) is 23.8 Å². The SMILES string of the molecule is CCOc1ccc(CNC(=O)CN(c2ccccc2C)S(=O)(=O)c2ccc(C)cc2)cc1OCC. The number of carbonyl (C=O) groups is 1. The highest BCUT2D eigenvalue weighted by molar-refractivity contribution is 7.92. The van der Waals surface area contributed by atoms with Gasteiger partial charge in [-0.25, -0.2) is 8.42 Å². The van der Waals surface area contributed by atoms with Crippen molar-refractivity contribution in [2.24, 2.45) is 0 Å². The molecule has 0 fully saturated rings. The van der Waals surface area contributed by atoms with Gasteiger partial charge in [-0.1, -0.05) is 42.0 Å². The van der Waals surface area contributed by atoms with E-state index in [0.717, 1.165) is 21.0 Å². The van der Waals surface area contributed by atoms with Gasteiger partial charge in [0, 0.05) is 6.54 Å². The third-order valence-electron chi connectivity index (χ3n) is 5.38. The number of amides is 1. The Labute approximate surface area is 207 Å². The molecule has 1 amide bonds. The van der Waals surface area contributed by atoms with Crippen molar-refractivity contribution in [1.82, 2.24) is 5.32 Å². The quantitative estimate of drug-likeness (QED) is 0.419. The van der Waals surface area contributed by atoms with E-state index in [0.29, 0.717) is 30.4 Å². The summed E-state index contributed by atoms with van der Waals surface area (Å²) in [6.07, 6.45) is 0. The molecule has 0 atom stereocenters. The molecule has 3 rings (SSSR count). The fourth-order valence-electron chi connectivity index (χ4n) is 3.57. The number of hydrogen-bond donors (Lipinski definition) is 1. The first-order valence-electron chi connectivity index (χ1n) is 11.6. The molecule has 0 bridgehead atoms. The van der Waals surface area contributed by atoms with E-state index in [1.54, 1.807) is 42.5 Å². The first-order chi connectivity index (χ1) is 16.8. The van der Waals surface area contributed by atoms with Crippen molar-refractivity contribution in [1.29, 1.82) is 0 Å². The third kappa shape index (κ3) is 6.54. The smallest absolute Gasteiger partial charge is 0.264 e. The minimum Gasteiger partial charge on any atom is -0.490 e.